The van der Waals surface area contributed by atoms with Gasteiger partial charge in [0.05, 0.1) is 22.8 Å². The molecule has 2 aromatic heterocycles. The number of hydrogen-bond acceptors (Lipinski definition) is 6. The highest BCUT2D eigenvalue weighted by Gasteiger charge is 2.46. The van der Waals surface area contributed by atoms with Gasteiger partial charge in [-0.05, 0) is 37.8 Å². The van der Waals surface area contributed by atoms with Gasteiger partial charge < -0.3 is 5.32 Å². The van der Waals surface area contributed by atoms with Crippen LogP contribution in [0.1, 0.15) is 67.7 Å². The van der Waals surface area contributed by atoms with Crippen LogP contribution in [-0.2, 0) is 16.6 Å². The molecule has 2 aliphatic rings. The number of aromatic nitrogens is 2. The Bertz CT molecular complexity index is 1070. The van der Waals surface area contributed by atoms with Crippen LogP contribution < -0.4 is 5.32 Å². The summed E-state index contributed by atoms with van der Waals surface area (Å²) in [7, 11) is -3.21. The van der Waals surface area contributed by atoms with Gasteiger partial charge in [0.2, 0.25) is 10.0 Å². The first-order chi connectivity index (χ1) is 14.4. The van der Waals surface area contributed by atoms with Gasteiger partial charge in [0.15, 0.2) is 0 Å². The van der Waals surface area contributed by atoms with Crippen molar-refractivity contribution in [3.8, 4) is 0 Å². The van der Waals surface area contributed by atoms with Crippen LogP contribution >= 0.6 is 22.9 Å². The summed E-state index contributed by atoms with van der Waals surface area (Å²) in [6.07, 6.45) is 4.56. The van der Waals surface area contributed by atoms with Gasteiger partial charge in [-0.25, -0.2) is 8.42 Å². The monoisotopic (exact) mass is 484 g/mol. The van der Waals surface area contributed by atoms with Gasteiger partial charge in [-0.1, -0.05) is 32.4 Å². The predicted molar refractivity (Wildman–Crippen MR) is 124 cm³/mol. The molecule has 7 nitrogen and oxygen atoms in total. The number of fused-ring (bicyclic) bond motifs is 2. The van der Waals surface area contributed by atoms with Crippen LogP contribution in [0.15, 0.2) is 18.2 Å². The molecular formula is C21H29ClN4O3S2. The summed E-state index contributed by atoms with van der Waals surface area (Å²) in [6, 6.07) is 5.82. The van der Waals surface area contributed by atoms with E-state index in [1.165, 1.54) is 22.3 Å². The number of piperidine rings is 1. The molecule has 0 amide bonds. The molecule has 0 aromatic carbocycles. The predicted octanol–water partition coefficient (Wildman–Crippen LogP) is 4.57. The first kappa shape index (κ1) is 22.8. The number of nitrogens with zero attached hydrogens (tertiary/aromatic N) is 3. The molecular weight excluding hydrogens is 456 g/mol. The van der Waals surface area contributed by atoms with Crippen LogP contribution in [0.2, 0.25) is 4.34 Å². The zero-order chi connectivity index (χ0) is 22.6. The van der Waals surface area contributed by atoms with Crippen molar-refractivity contribution < 1.29 is 13.2 Å². The van der Waals surface area contributed by atoms with Crippen molar-refractivity contribution in [1.29, 1.82) is 0 Å². The van der Waals surface area contributed by atoms with Crippen LogP contribution in [0, 0.1) is 5.41 Å². The Morgan fingerprint density at radius 1 is 1.26 bits per heavy atom. The van der Waals surface area contributed by atoms with E-state index in [0.717, 1.165) is 40.6 Å². The minimum Gasteiger partial charge on any atom is -0.365 e. The summed E-state index contributed by atoms with van der Waals surface area (Å²) in [4.78, 5) is 14.1. The summed E-state index contributed by atoms with van der Waals surface area (Å²) in [5, 5.41) is 8.07. The summed E-state index contributed by atoms with van der Waals surface area (Å²) in [5.74, 6) is 0.723. The second kappa shape index (κ2) is 8.17. The van der Waals surface area contributed by atoms with Gasteiger partial charge in [0.1, 0.15) is 5.82 Å². The fraction of sp³-hybridized carbons (Fsp3) is 0.619. The van der Waals surface area contributed by atoms with Gasteiger partial charge in [-0.3, -0.25) is 4.79 Å². The largest absolute Gasteiger partial charge is 0.365 e. The highest BCUT2D eigenvalue weighted by molar-refractivity contribution is 7.88. The number of rotatable bonds is 5. The Morgan fingerprint density at radius 2 is 1.90 bits per heavy atom. The number of hydrogen-bond donors (Lipinski definition) is 1. The van der Waals surface area contributed by atoms with E-state index in [0.29, 0.717) is 12.4 Å². The molecule has 2 aliphatic heterocycles. The lowest BCUT2D eigenvalue weighted by atomic mass is 9.90. The minimum absolute atomic E-state index is 0.0203. The van der Waals surface area contributed by atoms with Crippen LogP contribution in [0.25, 0.3) is 0 Å². The SMILES string of the molecule is CC(C)(C)C(=O)n1nc(C2CC3CCC(C2)N3S(C)(=O)=O)cc1NCc1ccc(Cl)s1. The summed E-state index contributed by atoms with van der Waals surface area (Å²) in [5.41, 5.74) is 0.277. The van der Waals surface area contributed by atoms with Crippen LogP contribution in [0.5, 0.6) is 0 Å². The number of thiophene rings is 1. The molecule has 2 aromatic rings. The van der Waals surface area contributed by atoms with Crippen molar-refractivity contribution in [3.63, 3.8) is 0 Å². The Labute approximate surface area is 192 Å². The third-order valence-corrected chi connectivity index (χ3v) is 8.70. The van der Waals surface area contributed by atoms with Crippen molar-refractivity contribution in [2.45, 2.75) is 71.0 Å². The van der Waals surface area contributed by atoms with Gasteiger partial charge in [-0.15, -0.1) is 11.3 Å². The third-order valence-electron chi connectivity index (χ3n) is 6.10. The Kier molecular flexibility index (Phi) is 6.00. The molecule has 170 valence electrons. The number of carbonyl (C=O) groups excluding carboxylic acids is 1. The van der Waals surface area contributed by atoms with Crippen LogP contribution in [0.4, 0.5) is 5.82 Å². The van der Waals surface area contributed by atoms with Gasteiger partial charge >= 0.3 is 0 Å². The minimum atomic E-state index is -3.21. The fourth-order valence-electron chi connectivity index (χ4n) is 4.74. The molecule has 2 fully saturated rings. The fourth-order valence-corrected chi connectivity index (χ4v) is 7.23. The molecule has 0 saturated carbocycles. The maximum absolute atomic E-state index is 13.1. The molecule has 1 N–H and O–H groups in total. The van der Waals surface area contributed by atoms with E-state index in [1.807, 2.05) is 39.0 Å². The molecule has 0 radical (unpaired) electrons. The third kappa shape index (κ3) is 4.69. The molecule has 31 heavy (non-hydrogen) atoms. The van der Waals surface area contributed by atoms with E-state index in [1.54, 1.807) is 4.31 Å². The van der Waals surface area contributed by atoms with E-state index in [9.17, 15) is 13.2 Å². The van der Waals surface area contributed by atoms with E-state index >= 15 is 0 Å². The van der Waals surface area contributed by atoms with E-state index in [2.05, 4.69) is 5.32 Å². The number of anilines is 1. The molecule has 4 heterocycles. The zero-order valence-corrected chi connectivity index (χ0v) is 20.6. The highest BCUT2D eigenvalue weighted by Crippen LogP contribution is 2.44. The topological polar surface area (TPSA) is 84.3 Å². The summed E-state index contributed by atoms with van der Waals surface area (Å²) in [6.45, 7) is 6.19. The molecule has 0 spiro atoms. The van der Waals surface area contributed by atoms with Crippen molar-refractivity contribution in [2.24, 2.45) is 5.41 Å². The van der Waals surface area contributed by atoms with E-state index in [-0.39, 0.29) is 23.9 Å². The highest BCUT2D eigenvalue weighted by atomic mass is 35.5. The van der Waals surface area contributed by atoms with Crippen LogP contribution in [-0.4, -0.2) is 46.8 Å². The Balaban J connectivity index is 1.60. The number of carbonyl (C=O) groups is 1. The average Bonchev–Trinajstić information content (AvgIpc) is 3.34. The van der Waals surface area contributed by atoms with Crippen molar-refractivity contribution in [1.82, 2.24) is 14.1 Å². The van der Waals surface area contributed by atoms with Gasteiger partial charge in [0.25, 0.3) is 5.91 Å². The molecule has 2 atom stereocenters. The lowest BCUT2D eigenvalue weighted by Crippen LogP contribution is -2.45. The van der Waals surface area contributed by atoms with Crippen molar-refractivity contribution >= 4 is 44.7 Å². The van der Waals surface area contributed by atoms with Gasteiger partial charge in [0, 0.05) is 34.4 Å². The molecule has 4 rings (SSSR count). The summed E-state index contributed by atoms with van der Waals surface area (Å²) < 4.78 is 28.3. The summed E-state index contributed by atoms with van der Waals surface area (Å²) >= 11 is 7.54. The molecule has 2 saturated heterocycles. The standard InChI is InChI=1S/C21H29ClN4O3S2/c1-21(2,3)20(27)25-19(23-12-16-7-8-18(22)30-16)11-17(24-25)13-9-14-5-6-15(10-13)26(14)31(4,28)29/h7-8,11,13-15,23H,5-6,9-10,12H2,1-4H3. The molecule has 10 heteroatoms. The van der Waals surface area contributed by atoms with E-state index in [4.69, 9.17) is 16.7 Å². The first-order valence-electron chi connectivity index (χ1n) is 10.5. The smallest absolute Gasteiger partial charge is 0.254 e. The van der Waals surface area contributed by atoms with Crippen molar-refractivity contribution in [3.05, 3.63) is 33.1 Å². The second-order valence-electron chi connectivity index (χ2n) is 9.63. The lowest BCUT2D eigenvalue weighted by Gasteiger charge is -2.36. The van der Waals surface area contributed by atoms with Crippen LogP contribution in [0.3, 0.4) is 0 Å². The Hall–Kier alpha value is -1.42. The lowest BCUT2D eigenvalue weighted by molar-refractivity contribution is 0.0750. The number of sulfonamides is 1. The molecule has 2 bridgehead atoms. The normalized spacial score (nSPS) is 24.5. The molecule has 2 unspecified atom stereocenters. The molecule has 0 aliphatic carbocycles. The zero-order valence-electron chi connectivity index (χ0n) is 18.3. The average molecular weight is 485 g/mol. The van der Waals surface area contributed by atoms with Gasteiger partial charge in [-0.2, -0.15) is 14.1 Å². The Morgan fingerprint density at radius 3 is 2.42 bits per heavy atom. The maximum Gasteiger partial charge on any atom is 0.254 e. The number of halogens is 1. The number of nitrogens with one attached hydrogen (secondary N) is 1. The van der Waals surface area contributed by atoms with Crippen molar-refractivity contribution in [2.75, 3.05) is 11.6 Å². The second-order valence-corrected chi connectivity index (χ2v) is 13.3. The maximum atomic E-state index is 13.1. The first-order valence-corrected chi connectivity index (χ1v) is 13.6. The van der Waals surface area contributed by atoms with E-state index < -0.39 is 15.4 Å². The quantitative estimate of drug-likeness (QED) is 0.672.